The van der Waals surface area contributed by atoms with E-state index in [0.717, 1.165) is 34.6 Å². The summed E-state index contributed by atoms with van der Waals surface area (Å²) in [5.74, 6) is -0.252. The average Bonchev–Trinajstić information content (AvgIpc) is 2.27. The summed E-state index contributed by atoms with van der Waals surface area (Å²) in [5, 5.41) is 0.734. The Morgan fingerprint density at radius 1 is 0.867 bits per heavy atom. The molecule has 0 aromatic rings. The number of halogens is 1. The van der Waals surface area contributed by atoms with Crippen molar-refractivity contribution >= 4 is 21.0 Å². The molecule has 2 fully saturated rings. The average molecular weight is 253 g/mol. The highest BCUT2D eigenvalue weighted by Gasteiger charge is 2.50. The van der Waals surface area contributed by atoms with Gasteiger partial charge in [0.15, 0.2) is 5.79 Å². The first-order valence-corrected chi connectivity index (χ1v) is 6.40. The van der Waals surface area contributed by atoms with Crippen LogP contribution >= 0.6 is 21.0 Å². The van der Waals surface area contributed by atoms with Crippen LogP contribution in [0.3, 0.4) is 0 Å². The number of rotatable bonds is 0. The van der Waals surface area contributed by atoms with Gasteiger partial charge in [-0.1, -0.05) is 27.7 Å². The van der Waals surface area contributed by atoms with Gasteiger partial charge in [-0.05, 0) is 10.3 Å². The van der Waals surface area contributed by atoms with E-state index in [2.05, 4.69) is 27.7 Å². The zero-order valence-electron chi connectivity index (χ0n) is 10.1. The van der Waals surface area contributed by atoms with Crippen molar-refractivity contribution < 1.29 is 9.47 Å². The second kappa shape index (κ2) is 4.14. The number of hydrogen-bond donors (Lipinski definition) is 0. The van der Waals surface area contributed by atoms with Gasteiger partial charge in [0.2, 0.25) is 0 Å². The molecule has 2 nitrogen and oxygen atoms in total. The van der Waals surface area contributed by atoms with Crippen molar-refractivity contribution in [2.75, 3.05) is 13.2 Å². The molecule has 0 unspecified atom stereocenters. The zero-order valence-corrected chi connectivity index (χ0v) is 11.9. The first-order chi connectivity index (χ1) is 6.33. The molecular formula is C11H22ClO2P. The highest BCUT2D eigenvalue weighted by Crippen LogP contribution is 2.57. The lowest BCUT2D eigenvalue weighted by atomic mass is 9.92. The number of hydrogen-bond acceptors (Lipinski definition) is 2. The molecule has 4 heteroatoms. The SMILES string of the molecule is CC1(C)CC2(CC(C)(C)P1)OCCO2.Cl. The fourth-order valence-corrected chi connectivity index (χ4v) is 5.66. The summed E-state index contributed by atoms with van der Waals surface area (Å²) < 4.78 is 11.7. The van der Waals surface area contributed by atoms with Gasteiger partial charge in [-0.3, -0.25) is 0 Å². The van der Waals surface area contributed by atoms with E-state index in [1.807, 2.05) is 0 Å². The fraction of sp³-hybridized carbons (Fsp3) is 1.00. The lowest BCUT2D eigenvalue weighted by Crippen LogP contribution is -2.47. The predicted molar refractivity (Wildman–Crippen MR) is 67.6 cm³/mol. The first-order valence-electron chi connectivity index (χ1n) is 5.40. The standard InChI is InChI=1S/C11H21O2P.ClH/c1-9(2)7-11(12-5-6-13-11)8-10(3,4)14-9;/h14H,5-8H2,1-4H3;1H. The van der Waals surface area contributed by atoms with E-state index >= 15 is 0 Å². The maximum atomic E-state index is 5.83. The zero-order chi connectivity index (χ0) is 10.4. The van der Waals surface area contributed by atoms with Crippen molar-refractivity contribution in [1.29, 1.82) is 0 Å². The maximum Gasteiger partial charge on any atom is 0.170 e. The van der Waals surface area contributed by atoms with Crippen LogP contribution in [0.15, 0.2) is 0 Å². The van der Waals surface area contributed by atoms with Crippen LogP contribution in [0.25, 0.3) is 0 Å². The van der Waals surface area contributed by atoms with Crippen LogP contribution in [0.4, 0.5) is 0 Å². The van der Waals surface area contributed by atoms with Crippen LogP contribution in [0.1, 0.15) is 40.5 Å². The highest BCUT2D eigenvalue weighted by atomic mass is 35.5. The van der Waals surface area contributed by atoms with Crippen LogP contribution in [0.5, 0.6) is 0 Å². The molecule has 0 aromatic carbocycles. The van der Waals surface area contributed by atoms with E-state index in [-0.39, 0.29) is 18.2 Å². The normalized spacial score (nSPS) is 31.2. The van der Waals surface area contributed by atoms with Crippen LogP contribution in [0.2, 0.25) is 0 Å². The minimum absolute atomic E-state index is 0. The maximum absolute atomic E-state index is 5.83. The molecule has 0 radical (unpaired) electrons. The molecule has 0 atom stereocenters. The first kappa shape index (κ1) is 13.7. The minimum atomic E-state index is -0.252. The van der Waals surface area contributed by atoms with Gasteiger partial charge >= 0.3 is 0 Å². The lowest BCUT2D eigenvalue weighted by Gasteiger charge is -2.49. The Labute approximate surface area is 101 Å². The monoisotopic (exact) mass is 252 g/mol. The third kappa shape index (κ3) is 3.06. The van der Waals surface area contributed by atoms with Gasteiger partial charge in [0.1, 0.15) is 0 Å². The van der Waals surface area contributed by atoms with Crippen molar-refractivity contribution in [2.45, 2.75) is 56.6 Å². The van der Waals surface area contributed by atoms with Crippen molar-refractivity contribution in [3.63, 3.8) is 0 Å². The number of ether oxygens (including phenoxy) is 2. The fourth-order valence-electron chi connectivity index (χ4n) is 3.11. The Hall–Kier alpha value is 0.640. The Bertz CT molecular complexity index is 217. The van der Waals surface area contributed by atoms with Gasteiger partial charge in [-0.2, -0.15) is 0 Å². The summed E-state index contributed by atoms with van der Waals surface area (Å²) in [7, 11) is 0.996. The van der Waals surface area contributed by atoms with Crippen LogP contribution in [-0.2, 0) is 9.47 Å². The lowest BCUT2D eigenvalue weighted by molar-refractivity contribution is -0.178. The molecule has 0 aromatic heterocycles. The molecule has 0 saturated carbocycles. The molecule has 0 bridgehead atoms. The van der Waals surface area contributed by atoms with E-state index < -0.39 is 0 Å². The molecule has 2 rings (SSSR count). The third-order valence-corrected chi connectivity index (χ3v) is 4.62. The smallest absolute Gasteiger partial charge is 0.170 e. The molecule has 2 aliphatic heterocycles. The molecular weight excluding hydrogens is 231 g/mol. The summed E-state index contributed by atoms with van der Waals surface area (Å²) in [6, 6.07) is 0. The second-order valence-corrected chi connectivity index (χ2v) is 8.81. The topological polar surface area (TPSA) is 18.5 Å². The molecule has 90 valence electrons. The van der Waals surface area contributed by atoms with Gasteiger partial charge in [0, 0.05) is 12.8 Å². The minimum Gasteiger partial charge on any atom is -0.347 e. The van der Waals surface area contributed by atoms with E-state index in [1.54, 1.807) is 0 Å². The highest BCUT2D eigenvalue weighted by molar-refractivity contribution is 7.41. The summed E-state index contributed by atoms with van der Waals surface area (Å²) in [6.07, 6.45) is 2.11. The summed E-state index contributed by atoms with van der Waals surface area (Å²) in [6.45, 7) is 10.9. The second-order valence-electron chi connectivity index (χ2n) is 5.85. The van der Waals surface area contributed by atoms with Crippen LogP contribution in [0, 0.1) is 0 Å². The predicted octanol–water partition coefficient (Wildman–Crippen LogP) is 3.18. The van der Waals surface area contributed by atoms with E-state index in [0.29, 0.717) is 10.3 Å². The summed E-state index contributed by atoms with van der Waals surface area (Å²) in [5.41, 5.74) is 0. The van der Waals surface area contributed by atoms with Crippen molar-refractivity contribution in [2.24, 2.45) is 0 Å². The van der Waals surface area contributed by atoms with Gasteiger partial charge in [0.05, 0.1) is 13.2 Å². The van der Waals surface area contributed by atoms with Crippen LogP contribution in [-0.4, -0.2) is 29.3 Å². The van der Waals surface area contributed by atoms with Crippen molar-refractivity contribution in [1.82, 2.24) is 0 Å². The Balaban J connectivity index is 0.00000112. The van der Waals surface area contributed by atoms with Gasteiger partial charge in [-0.15, -0.1) is 21.0 Å². The Kier molecular flexibility index (Phi) is 3.79. The Morgan fingerprint density at radius 3 is 1.67 bits per heavy atom. The van der Waals surface area contributed by atoms with Crippen molar-refractivity contribution in [3.05, 3.63) is 0 Å². The largest absolute Gasteiger partial charge is 0.347 e. The van der Waals surface area contributed by atoms with E-state index in [4.69, 9.17) is 9.47 Å². The Morgan fingerprint density at radius 2 is 1.27 bits per heavy atom. The quantitative estimate of drug-likeness (QED) is 0.617. The van der Waals surface area contributed by atoms with Gasteiger partial charge < -0.3 is 9.47 Å². The van der Waals surface area contributed by atoms with E-state index in [9.17, 15) is 0 Å². The molecule has 0 N–H and O–H groups in total. The van der Waals surface area contributed by atoms with Crippen molar-refractivity contribution in [3.8, 4) is 0 Å². The third-order valence-electron chi connectivity index (χ3n) is 2.91. The molecule has 1 spiro atoms. The summed E-state index contributed by atoms with van der Waals surface area (Å²) >= 11 is 0. The van der Waals surface area contributed by atoms with E-state index in [1.165, 1.54) is 0 Å². The van der Waals surface area contributed by atoms with Gasteiger partial charge in [0.25, 0.3) is 0 Å². The molecule has 2 heterocycles. The molecule has 2 saturated heterocycles. The summed E-state index contributed by atoms with van der Waals surface area (Å²) in [4.78, 5) is 0. The molecule has 15 heavy (non-hydrogen) atoms. The van der Waals surface area contributed by atoms with Crippen LogP contribution < -0.4 is 0 Å². The van der Waals surface area contributed by atoms with Gasteiger partial charge in [-0.25, -0.2) is 0 Å². The molecule has 0 aliphatic carbocycles. The molecule has 2 aliphatic rings. The molecule has 0 amide bonds.